The van der Waals surface area contributed by atoms with Gasteiger partial charge in [-0.2, -0.15) is 5.10 Å². The summed E-state index contributed by atoms with van der Waals surface area (Å²) in [6.45, 7) is 3.67. The number of anilines is 1. The number of benzene rings is 2. The molecule has 2 atom stereocenters. The Balaban J connectivity index is 1.66. The summed E-state index contributed by atoms with van der Waals surface area (Å²) in [5, 5.41) is 8.98. The molecule has 1 fully saturated rings. The van der Waals surface area contributed by atoms with Crippen LogP contribution in [0, 0.1) is 11.7 Å². The van der Waals surface area contributed by atoms with Crippen molar-refractivity contribution < 1.29 is 9.18 Å². The van der Waals surface area contributed by atoms with E-state index in [1.54, 1.807) is 23.2 Å². The number of piperidine rings is 1. The first-order valence-electron chi connectivity index (χ1n) is 9.98. The lowest BCUT2D eigenvalue weighted by molar-refractivity contribution is -0.120. The second kappa shape index (κ2) is 8.51. The van der Waals surface area contributed by atoms with Crippen LogP contribution in [0.1, 0.15) is 37.8 Å². The van der Waals surface area contributed by atoms with Gasteiger partial charge in [-0.05, 0) is 42.7 Å². The van der Waals surface area contributed by atoms with E-state index in [1.807, 2.05) is 30.1 Å². The van der Waals surface area contributed by atoms with Crippen LogP contribution >= 0.6 is 11.6 Å². The first kappa shape index (κ1) is 19.9. The lowest BCUT2D eigenvalue weighted by Crippen LogP contribution is -2.48. The molecule has 7 heteroatoms. The van der Waals surface area contributed by atoms with E-state index in [0.717, 1.165) is 37.2 Å². The maximum absolute atomic E-state index is 13.5. The first-order chi connectivity index (χ1) is 14.0. The van der Waals surface area contributed by atoms with Crippen molar-refractivity contribution in [1.82, 2.24) is 10.4 Å². The van der Waals surface area contributed by atoms with Crippen molar-refractivity contribution in [2.45, 2.75) is 32.2 Å². The van der Waals surface area contributed by atoms with Gasteiger partial charge < -0.3 is 0 Å². The highest BCUT2D eigenvalue weighted by atomic mass is 35.5. The number of nitrogens with one attached hydrogen (secondary N) is 1. The Morgan fingerprint density at radius 3 is 2.48 bits per heavy atom. The van der Waals surface area contributed by atoms with Crippen LogP contribution in [-0.2, 0) is 4.79 Å². The van der Waals surface area contributed by atoms with Crippen LogP contribution in [0.5, 0.6) is 0 Å². The smallest absolute Gasteiger partial charge is 0.282 e. The molecule has 2 aromatic rings. The molecule has 5 nitrogen and oxygen atoms in total. The fraction of sp³-hybridized carbons (Fsp3) is 0.364. The molecule has 0 aromatic heterocycles. The van der Waals surface area contributed by atoms with E-state index < -0.39 is 0 Å². The summed E-state index contributed by atoms with van der Waals surface area (Å²) in [5.74, 6) is -0.685. The topological polar surface area (TPSA) is 47.9 Å². The van der Waals surface area contributed by atoms with Crippen LogP contribution in [-0.4, -0.2) is 29.7 Å². The van der Waals surface area contributed by atoms with Gasteiger partial charge in [0.05, 0.1) is 16.8 Å². The summed E-state index contributed by atoms with van der Waals surface area (Å²) < 4.78 is 13.5. The Kier molecular flexibility index (Phi) is 5.83. The van der Waals surface area contributed by atoms with Gasteiger partial charge >= 0.3 is 0 Å². The molecule has 152 valence electrons. The van der Waals surface area contributed by atoms with Crippen LogP contribution in [0.2, 0.25) is 5.02 Å². The van der Waals surface area contributed by atoms with Crippen LogP contribution in [0.4, 0.5) is 10.1 Å². The molecule has 2 heterocycles. The lowest BCUT2D eigenvalue weighted by atomic mass is 9.91. The second-order valence-corrected chi connectivity index (χ2v) is 7.96. The van der Waals surface area contributed by atoms with Crippen molar-refractivity contribution in [3.63, 3.8) is 0 Å². The number of hydrogen-bond donors (Lipinski definition) is 1. The molecule has 0 saturated carbocycles. The van der Waals surface area contributed by atoms with Crippen LogP contribution in [0.3, 0.4) is 0 Å². The minimum Gasteiger partial charge on any atom is -0.284 e. The number of para-hydroxylation sites is 1. The molecule has 1 saturated heterocycles. The molecule has 0 unspecified atom stereocenters. The zero-order chi connectivity index (χ0) is 20.4. The molecule has 1 N–H and O–H groups in total. The number of halogens is 2. The monoisotopic (exact) mass is 414 g/mol. The molecule has 0 aliphatic carbocycles. The average molecular weight is 415 g/mol. The van der Waals surface area contributed by atoms with Crippen molar-refractivity contribution in [2.24, 2.45) is 11.0 Å². The number of amides is 1. The second-order valence-electron chi connectivity index (χ2n) is 7.55. The Bertz CT molecular complexity index is 911. The standard InChI is InChI=1S/C22H24ClFN4O/c1-15-20(22(29)26-27-13-5-2-6-14-27)25-28(19-8-4-3-7-18(19)23)21(15)16-9-11-17(24)12-10-16/h3-4,7-12,15,21H,2,5-6,13-14H2,1H3,(H,26,29)/t15-,21-/m1/s1. The zero-order valence-electron chi connectivity index (χ0n) is 16.3. The molecule has 29 heavy (non-hydrogen) atoms. The van der Waals surface area contributed by atoms with Crippen molar-refractivity contribution in [3.8, 4) is 0 Å². The van der Waals surface area contributed by atoms with Gasteiger partial charge in [-0.3, -0.25) is 15.2 Å². The maximum Gasteiger partial charge on any atom is 0.282 e. The average Bonchev–Trinajstić information content (AvgIpc) is 3.07. The molecule has 4 rings (SSSR count). The maximum atomic E-state index is 13.5. The summed E-state index contributed by atoms with van der Waals surface area (Å²) in [5.41, 5.74) is 5.05. The number of carbonyl (C=O) groups excluding carboxylic acids is 1. The molecule has 2 aromatic carbocycles. The van der Waals surface area contributed by atoms with E-state index >= 15 is 0 Å². The van der Waals surface area contributed by atoms with Gasteiger partial charge in [0.15, 0.2) is 0 Å². The molecule has 1 amide bonds. The summed E-state index contributed by atoms with van der Waals surface area (Å²) in [6, 6.07) is 13.5. The SMILES string of the molecule is C[C@@H]1C(C(=O)NN2CCCCC2)=NN(c2ccccc2Cl)[C@H]1c1ccc(F)cc1. The number of rotatable bonds is 4. The third kappa shape index (κ3) is 4.14. The largest absolute Gasteiger partial charge is 0.284 e. The van der Waals surface area contributed by atoms with Gasteiger partial charge in [-0.15, -0.1) is 0 Å². The van der Waals surface area contributed by atoms with Crippen LogP contribution < -0.4 is 10.4 Å². The quantitative estimate of drug-likeness (QED) is 0.798. The van der Waals surface area contributed by atoms with Gasteiger partial charge in [-0.25, -0.2) is 9.40 Å². The minimum atomic E-state index is -0.298. The fourth-order valence-corrected chi connectivity index (χ4v) is 4.24. The molecule has 0 spiro atoms. The number of hydrogen-bond acceptors (Lipinski definition) is 4. The molecule has 2 aliphatic rings. The van der Waals surface area contributed by atoms with Crippen LogP contribution in [0.25, 0.3) is 0 Å². The number of hydrazone groups is 1. The highest BCUT2D eigenvalue weighted by Crippen LogP contribution is 2.41. The highest BCUT2D eigenvalue weighted by Gasteiger charge is 2.40. The van der Waals surface area contributed by atoms with E-state index in [9.17, 15) is 9.18 Å². The Morgan fingerprint density at radius 2 is 1.79 bits per heavy atom. The Labute approximate surface area is 175 Å². The molecular weight excluding hydrogens is 391 g/mol. The van der Waals surface area contributed by atoms with E-state index in [1.165, 1.54) is 18.6 Å². The Hall–Kier alpha value is -2.44. The third-order valence-corrected chi connectivity index (χ3v) is 5.86. The molecular formula is C22H24ClFN4O. The molecule has 2 aliphatic heterocycles. The number of hydrazine groups is 1. The van der Waals surface area contributed by atoms with Crippen molar-refractivity contribution in [1.29, 1.82) is 0 Å². The number of carbonyl (C=O) groups is 1. The van der Waals surface area contributed by atoms with Crippen LogP contribution in [0.15, 0.2) is 53.6 Å². The predicted octanol–water partition coefficient (Wildman–Crippen LogP) is 4.55. The van der Waals surface area contributed by atoms with Gasteiger partial charge in [0.1, 0.15) is 11.5 Å². The van der Waals surface area contributed by atoms with Gasteiger partial charge in [0.2, 0.25) is 0 Å². The molecule has 0 radical (unpaired) electrons. The van der Waals surface area contributed by atoms with Crippen molar-refractivity contribution in [2.75, 3.05) is 18.1 Å². The summed E-state index contributed by atoms with van der Waals surface area (Å²) in [6.07, 6.45) is 3.34. The normalized spacial score (nSPS) is 22.4. The van der Waals surface area contributed by atoms with Crippen molar-refractivity contribution in [3.05, 3.63) is 64.9 Å². The highest BCUT2D eigenvalue weighted by molar-refractivity contribution is 6.40. The fourth-order valence-electron chi connectivity index (χ4n) is 4.02. The summed E-state index contributed by atoms with van der Waals surface area (Å²) in [7, 11) is 0. The zero-order valence-corrected chi connectivity index (χ0v) is 17.1. The third-order valence-electron chi connectivity index (χ3n) is 5.54. The summed E-state index contributed by atoms with van der Waals surface area (Å²) >= 11 is 6.43. The van der Waals surface area contributed by atoms with Crippen molar-refractivity contribution >= 4 is 28.9 Å². The molecule has 0 bridgehead atoms. The van der Waals surface area contributed by atoms with E-state index in [4.69, 9.17) is 11.6 Å². The van der Waals surface area contributed by atoms with Gasteiger partial charge in [0.25, 0.3) is 5.91 Å². The Morgan fingerprint density at radius 1 is 1.10 bits per heavy atom. The summed E-state index contributed by atoms with van der Waals surface area (Å²) in [4.78, 5) is 13.0. The first-order valence-corrected chi connectivity index (χ1v) is 10.4. The van der Waals surface area contributed by atoms with E-state index in [2.05, 4.69) is 10.5 Å². The lowest BCUT2D eigenvalue weighted by Gasteiger charge is -2.28. The van der Waals surface area contributed by atoms with Gasteiger partial charge in [0, 0.05) is 19.0 Å². The van der Waals surface area contributed by atoms with E-state index in [0.29, 0.717) is 10.7 Å². The minimum absolute atomic E-state index is 0.193. The predicted molar refractivity (Wildman–Crippen MR) is 113 cm³/mol. The van der Waals surface area contributed by atoms with Gasteiger partial charge in [-0.1, -0.05) is 49.2 Å². The number of nitrogens with zero attached hydrogens (tertiary/aromatic N) is 3. The van der Waals surface area contributed by atoms with E-state index in [-0.39, 0.29) is 23.7 Å².